The maximum Gasteiger partial charge on any atom is 0.263 e. The Kier molecular flexibility index (Phi) is 4.36. The predicted octanol–water partition coefficient (Wildman–Crippen LogP) is 3.33. The van der Waals surface area contributed by atoms with Gasteiger partial charge in [-0.1, -0.05) is 19.8 Å². The quantitative estimate of drug-likeness (QED) is 0.906. The van der Waals surface area contributed by atoms with Crippen LogP contribution in [0, 0.1) is 11.3 Å². The summed E-state index contributed by atoms with van der Waals surface area (Å²) in [6, 6.07) is 4.02. The Labute approximate surface area is 131 Å². The van der Waals surface area contributed by atoms with Crippen LogP contribution in [0.5, 0.6) is 0 Å². The van der Waals surface area contributed by atoms with E-state index in [1.54, 1.807) is 11.3 Å². The highest BCUT2D eigenvalue weighted by Gasteiger charge is 2.41. The molecule has 1 saturated heterocycles. The Hall–Kier alpha value is -0.870. The van der Waals surface area contributed by atoms with Gasteiger partial charge in [0, 0.05) is 23.4 Å². The number of rotatable bonds is 5. The maximum atomic E-state index is 12.7. The molecule has 1 aromatic rings. The predicted molar refractivity (Wildman–Crippen MR) is 85.7 cm³/mol. The molecule has 0 unspecified atom stereocenters. The third-order valence-corrected chi connectivity index (χ3v) is 6.14. The van der Waals surface area contributed by atoms with Crippen molar-refractivity contribution in [1.82, 2.24) is 4.90 Å². The fourth-order valence-corrected chi connectivity index (χ4v) is 4.43. The second-order valence-corrected chi connectivity index (χ2v) is 7.92. The van der Waals surface area contributed by atoms with Gasteiger partial charge in [0.1, 0.15) is 0 Å². The molecule has 1 saturated carbocycles. The van der Waals surface area contributed by atoms with E-state index in [2.05, 4.69) is 13.0 Å². The van der Waals surface area contributed by atoms with Crippen molar-refractivity contribution in [2.45, 2.75) is 45.4 Å². The number of nitrogens with zero attached hydrogens (tertiary/aromatic N) is 1. The smallest absolute Gasteiger partial charge is 0.263 e. The third-order valence-electron chi connectivity index (χ3n) is 4.92. The summed E-state index contributed by atoms with van der Waals surface area (Å²) in [5.74, 6) is 0.952. The number of hydrogen-bond acceptors (Lipinski definition) is 3. The van der Waals surface area contributed by atoms with Crippen molar-refractivity contribution in [3.63, 3.8) is 0 Å². The van der Waals surface area contributed by atoms with Gasteiger partial charge in [-0.2, -0.15) is 0 Å². The molecular weight excluding hydrogens is 282 g/mol. The molecule has 116 valence electrons. The summed E-state index contributed by atoms with van der Waals surface area (Å²) in [5.41, 5.74) is -0.0417. The summed E-state index contributed by atoms with van der Waals surface area (Å²) in [7, 11) is 0. The number of aryl methyl sites for hydroxylation is 1. The molecule has 4 heteroatoms. The zero-order valence-electron chi connectivity index (χ0n) is 12.8. The van der Waals surface area contributed by atoms with Crippen molar-refractivity contribution in [3.05, 3.63) is 21.9 Å². The van der Waals surface area contributed by atoms with Gasteiger partial charge in [0.25, 0.3) is 5.91 Å². The second-order valence-electron chi connectivity index (χ2n) is 6.76. The van der Waals surface area contributed by atoms with E-state index in [1.807, 2.05) is 11.0 Å². The molecule has 1 aliphatic carbocycles. The lowest BCUT2D eigenvalue weighted by atomic mass is 9.76. The number of aliphatic hydroxyl groups is 1. The molecule has 0 aromatic carbocycles. The monoisotopic (exact) mass is 307 g/mol. The minimum atomic E-state index is -0.0417. The minimum absolute atomic E-state index is 0.0417. The van der Waals surface area contributed by atoms with E-state index in [9.17, 15) is 9.90 Å². The van der Waals surface area contributed by atoms with Crippen LogP contribution in [0.4, 0.5) is 0 Å². The highest BCUT2D eigenvalue weighted by atomic mass is 32.1. The van der Waals surface area contributed by atoms with Crippen LogP contribution in [0.1, 0.15) is 53.6 Å². The highest BCUT2D eigenvalue weighted by molar-refractivity contribution is 7.14. The SMILES string of the molecule is CCc1ccc(C(=O)N2CCC[C@](CO)(CC3CC3)C2)s1. The van der Waals surface area contributed by atoms with E-state index in [0.29, 0.717) is 0 Å². The van der Waals surface area contributed by atoms with Crippen molar-refractivity contribution < 1.29 is 9.90 Å². The van der Waals surface area contributed by atoms with Crippen LogP contribution in [0.25, 0.3) is 0 Å². The number of carbonyl (C=O) groups is 1. The summed E-state index contributed by atoms with van der Waals surface area (Å²) >= 11 is 1.61. The van der Waals surface area contributed by atoms with E-state index in [-0.39, 0.29) is 17.9 Å². The lowest BCUT2D eigenvalue weighted by Gasteiger charge is -2.42. The van der Waals surface area contributed by atoms with Gasteiger partial charge in [-0.05, 0) is 43.7 Å². The Bertz CT molecular complexity index is 509. The molecule has 1 atom stereocenters. The maximum absolute atomic E-state index is 12.7. The van der Waals surface area contributed by atoms with E-state index >= 15 is 0 Å². The van der Waals surface area contributed by atoms with Crippen molar-refractivity contribution in [3.8, 4) is 0 Å². The van der Waals surface area contributed by atoms with Gasteiger partial charge in [-0.3, -0.25) is 4.79 Å². The first-order chi connectivity index (χ1) is 10.2. The van der Waals surface area contributed by atoms with E-state index < -0.39 is 0 Å². The summed E-state index contributed by atoms with van der Waals surface area (Å²) in [5, 5.41) is 9.90. The fourth-order valence-electron chi connectivity index (χ4n) is 3.51. The summed E-state index contributed by atoms with van der Waals surface area (Å²) in [4.78, 5) is 16.8. The Morgan fingerprint density at radius 2 is 2.29 bits per heavy atom. The van der Waals surface area contributed by atoms with Crippen molar-refractivity contribution >= 4 is 17.2 Å². The van der Waals surface area contributed by atoms with Gasteiger partial charge < -0.3 is 10.0 Å². The second kappa shape index (κ2) is 6.09. The van der Waals surface area contributed by atoms with Crippen LogP contribution in [-0.4, -0.2) is 35.6 Å². The molecule has 0 bridgehead atoms. The molecule has 1 amide bonds. The van der Waals surface area contributed by atoms with Gasteiger partial charge in [0.2, 0.25) is 0 Å². The highest BCUT2D eigenvalue weighted by Crippen LogP contribution is 2.44. The van der Waals surface area contributed by atoms with Crippen molar-refractivity contribution in [1.29, 1.82) is 0 Å². The Morgan fingerprint density at radius 3 is 2.90 bits per heavy atom. The molecule has 2 aliphatic rings. The minimum Gasteiger partial charge on any atom is -0.396 e. The van der Waals surface area contributed by atoms with Gasteiger partial charge >= 0.3 is 0 Å². The third kappa shape index (κ3) is 3.32. The Morgan fingerprint density at radius 1 is 1.48 bits per heavy atom. The molecule has 1 N–H and O–H groups in total. The molecule has 1 aliphatic heterocycles. The molecule has 3 nitrogen and oxygen atoms in total. The molecule has 3 rings (SSSR count). The molecule has 21 heavy (non-hydrogen) atoms. The zero-order chi connectivity index (χ0) is 14.9. The first-order valence-electron chi connectivity index (χ1n) is 8.14. The number of piperidine rings is 1. The average Bonchev–Trinajstić information content (AvgIpc) is 3.19. The van der Waals surface area contributed by atoms with E-state index in [4.69, 9.17) is 0 Å². The number of thiophene rings is 1. The lowest BCUT2D eigenvalue weighted by Crippen LogP contribution is -2.48. The molecule has 2 fully saturated rings. The number of carbonyl (C=O) groups excluding carboxylic acids is 1. The van der Waals surface area contributed by atoms with Crippen LogP contribution in [0.2, 0.25) is 0 Å². The van der Waals surface area contributed by atoms with Crippen molar-refractivity contribution in [2.75, 3.05) is 19.7 Å². The standard InChI is InChI=1S/C17H25NO2S/c1-2-14-6-7-15(21-14)16(20)18-9-3-8-17(11-18,12-19)10-13-4-5-13/h6-7,13,19H,2-5,8-12H2,1H3/t17-/m0/s1. The van der Waals surface area contributed by atoms with Gasteiger partial charge in [0.15, 0.2) is 0 Å². The zero-order valence-corrected chi connectivity index (χ0v) is 13.6. The topological polar surface area (TPSA) is 40.5 Å². The summed E-state index contributed by atoms with van der Waals surface area (Å²) in [6.07, 6.45) is 6.78. The first-order valence-corrected chi connectivity index (χ1v) is 8.96. The van der Waals surface area contributed by atoms with Gasteiger partial charge in [-0.15, -0.1) is 11.3 Å². The van der Waals surface area contributed by atoms with Crippen LogP contribution in [0.15, 0.2) is 12.1 Å². The molecule has 1 aromatic heterocycles. The molecule has 2 heterocycles. The van der Waals surface area contributed by atoms with Crippen LogP contribution >= 0.6 is 11.3 Å². The van der Waals surface area contributed by atoms with E-state index in [0.717, 1.165) is 49.6 Å². The van der Waals surface area contributed by atoms with Crippen molar-refractivity contribution in [2.24, 2.45) is 11.3 Å². The molecular formula is C17H25NO2S. The first kappa shape index (κ1) is 15.0. The average molecular weight is 307 g/mol. The van der Waals surface area contributed by atoms with Crippen LogP contribution < -0.4 is 0 Å². The number of amides is 1. The number of hydrogen-bond donors (Lipinski definition) is 1. The van der Waals surface area contributed by atoms with Crippen LogP contribution in [0.3, 0.4) is 0 Å². The normalized spacial score (nSPS) is 26.1. The van der Waals surface area contributed by atoms with E-state index in [1.165, 1.54) is 17.7 Å². The number of aliphatic hydroxyl groups excluding tert-OH is 1. The molecule has 0 radical (unpaired) electrons. The van der Waals surface area contributed by atoms with Gasteiger partial charge in [0.05, 0.1) is 11.5 Å². The molecule has 0 spiro atoms. The summed E-state index contributed by atoms with van der Waals surface area (Å²) in [6.45, 7) is 3.91. The largest absolute Gasteiger partial charge is 0.396 e. The number of likely N-dealkylation sites (tertiary alicyclic amines) is 1. The summed E-state index contributed by atoms with van der Waals surface area (Å²) < 4.78 is 0. The lowest BCUT2D eigenvalue weighted by molar-refractivity contribution is 0.0199. The fraction of sp³-hybridized carbons (Fsp3) is 0.706. The van der Waals surface area contributed by atoms with Gasteiger partial charge in [-0.25, -0.2) is 0 Å². The Balaban J connectivity index is 1.70. The van der Waals surface area contributed by atoms with Crippen LogP contribution in [-0.2, 0) is 6.42 Å².